The van der Waals surface area contributed by atoms with E-state index in [2.05, 4.69) is 4.98 Å². The first-order chi connectivity index (χ1) is 13.0. The lowest BCUT2D eigenvalue weighted by Gasteiger charge is -2.32. The lowest BCUT2D eigenvalue weighted by atomic mass is 9.79. The van der Waals surface area contributed by atoms with Gasteiger partial charge < -0.3 is 9.31 Å². The first kappa shape index (κ1) is 19.0. The molecule has 1 aromatic heterocycles. The molecule has 4 rings (SSSR count). The molecule has 146 valence electrons. The number of nitrogens with zero attached hydrogens (tertiary/aromatic N) is 2. The highest BCUT2D eigenvalue weighted by molar-refractivity contribution is 6.62. The van der Waals surface area contributed by atoms with Crippen LogP contribution in [0.5, 0.6) is 0 Å². The number of hydrogen-bond acceptors (Lipinski definition) is 3. The molecule has 1 aliphatic rings. The van der Waals surface area contributed by atoms with Crippen molar-refractivity contribution in [1.29, 1.82) is 0 Å². The Hall–Kier alpha value is -2.32. The fourth-order valence-electron chi connectivity index (χ4n) is 3.17. The summed E-state index contributed by atoms with van der Waals surface area (Å²) >= 11 is 0. The maximum Gasteiger partial charge on any atom is 0.494 e. The topological polar surface area (TPSA) is 36.3 Å². The molecule has 0 spiro atoms. The van der Waals surface area contributed by atoms with Crippen molar-refractivity contribution in [2.24, 2.45) is 0 Å². The van der Waals surface area contributed by atoms with Crippen LogP contribution in [0.3, 0.4) is 0 Å². The summed E-state index contributed by atoms with van der Waals surface area (Å²) in [6.07, 6.45) is -2.76. The highest BCUT2D eigenvalue weighted by atomic mass is 19.4. The van der Waals surface area contributed by atoms with E-state index in [1.165, 1.54) is 12.1 Å². The van der Waals surface area contributed by atoms with E-state index in [0.29, 0.717) is 11.2 Å². The van der Waals surface area contributed by atoms with E-state index in [1.54, 1.807) is 10.9 Å². The first-order valence-electron chi connectivity index (χ1n) is 8.98. The average molecular weight is 388 g/mol. The zero-order chi connectivity index (χ0) is 20.3. The fraction of sp³-hybridized carbons (Fsp3) is 0.350. The van der Waals surface area contributed by atoms with E-state index in [1.807, 2.05) is 45.9 Å². The third kappa shape index (κ3) is 3.10. The van der Waals surface area contributed by atoms with Crippen molar-refractivity contribution < 1.29 is 22.5 Å². The Morgan fingerprint density at radius 2 is 1.54 bits per heavy atom. The molecular formula is C20H20BF3N2O2. The molecule has 1 fully saturated rings. The lowest BCUT2D eigenvalue weighted by molar-refractivity contribution is -0.137. The summed E-state index contributed by atoms with van der Waals surface area (Å²) in [5, 5.41) is 0. The van der Waals surface area contributed by atoms with Gasteiger partial charge in [-0.25, -0.2) is 4.98 Å². The van der Waals surface area contributed by atoms with E-state index >= 15 is 0 Å². The molecule has 4 nitrogen and oxygen atoms in total. The molecule has 3 aromatic rings. The van der Waals surface area contributed by atoms with Crippen molar-refractivity contribution in [2.45, 2.75) is 45.1 Å². The van der Waals surface area contributed by atoms with Gasteiger partial charge in [0.1, 0.15) is 6.33 Å². The second kappa shape index (κ2) is 6.09. The molecule has 28 heavy (non-hydrogen) atoms. The number of hydrogen-bond donors (Lipinski definition) is 0. The standard InChI is InChI=1S/C20H20BF3N2O2/c1-18(2)19(3,4)28-21(27-18)14-7-10-17-16(11-14)25-12-26(17)15-8-5-13(6-9-15)20(22,23)24/h5-12H,1-4H3. The summed E-state index contributed by atoms with van der Waals surface area (Å²) in [4.78, 5) is 4.40. The fourth-order valence-corrected chi connectivity index (χ4v) is 3.17. The smallest absolute Gasteiger partial charge is 0.399 e. The zero-order valence-electron chi connectivity index (χ0n) is 16.0. The molecule has 0 radical (unpaired) electrons. The van der Waals surface area contributed by atoms with Gasteiger partial charge in [0.05, 0.1) is 27.8 Å². The maximum absolute atomic E-state index is 12.8. The summed E-state index contributed by atoms with van der Waals surface area (Å²) in [5.41, 5.74) is 1.41. The Morgan fingerprint density at radius 1 is 0.929 bits per heavy atom. The number of halogens is 3. The Labute approximate surface area is 161 Å². The van der Waals surface area contributed by atoms with E-state index in [-0.39, 0.29) is 0 Å². The van der Waals surface area contributed by atoms with Gasteiger partial charge in [-0.3, -0.25) is 4.57 Å². The van der Waals surface area contributed by atoms with Crippen molar-refractivity contribution in [1.82, 2.24) is 9.55 Å². The number of imidazole rings is 1. The number of rotatable bonds is 2. The number of aromatic nitrogens is 2. The van der Waals surface area contributed by atoms with Crippen LogP contribution in [-0.4, -0.2) is 27.9 Å². The molecule has 1 aliphatic heterocycles. The lowest BCUT2D eigenvalue weighted by Crippen LogP contribution is -2.41. The minimum Gasteiger partial charge on any atom is -0.399 e. The molecule has 0 saturated carbocycles. The van der Waals surface area contributed by atoms with Crippen LogP contribution in [0.4, 0.5) is 13.2 Å². The molecule has 0 amide bonds. The van der Waals surface area contributed by atoms with Gasteiger partial charge in [0.15, 0.2) is 0 Å². The number of benzene rings is 2. The van der Waals surface area contributed by atoms with Gasteiger partial charge in [0.25, 0.3) is 0 Å². The van der Waals surface area contributed by atoms with Crippen LogP contribution in [-0.2, 0) is 15.5 Å². The van der Waals surface area contributed by atoms with Gasteiger partial charge in [-0.05, 0) is 69.6 Å². The van der Waals surface area contributed by atoms with E-state index in [4.69, 9.17) is 9.31 Å². The van der Waals surface area contributed by atoms with Gasteiger partial charge in [0, 0.05) is 5.69 Å². The normalized spacial score (nSPS) is 18.8. The van der Waals surface area contributed by atoms with Gasteiger partial charge in [0.2, 0.25) is 0 Å². The zero-order valence-corrected chi connectivity index (χ0v) is 16.0. The second-order valence-corrected chi connectivity index (χ2v) is 8.00. The van der Waals surface area contributed by atoms with Crippen LogP contribution >= 0.6 is 0 Å². The SMILES string of the molecule is CC1(C)OB(c2ccc3c(c2)ncn3-c2ccc(C(F)(F)F)cc2)OC1(C)C. The third-order valence-corrected chi connectivity index (χ3v) is 5.57. The van der Waals surface area contributed by atoms with Crippen molar-refractivity contribution in [3.8, 4) is 5.69 Å². The molecule has 0 unspecified atom stereocenters. The monoisotopic (exact) mass is 388 g/mol. The Kier molecular flexibility index (Phi) is 4.14. The molecule has 0 N–H and O–H groups in total. The minimum absolute atomic E-state index is 0.438. The highest BCUT2D eigenvalue weighted by Gasteiger charge is 2.51. The highest BCUT2D eigenvalue weighted by Crippen LogP contribution is 2.36. The van der Waals surface area contributed by atoms with Crippen molar-refractivity contribution in [2.75, 3.05) is 0 Å². The van der Waals surface area contributed by atoms with Crippen molar-refractivity contribution >= 4 is 23.6 Å². The average Bonchev–Trinajstić information content (AvgIpc) is 3.11. The predicted octanol–water partition coefficient (Wildman–Crippen LogP) is 4.34. The van der Waals surface area contributed by atoms with Crippen LogP contribution in [0.2, 0.25) is 0 Å². The summed E-state index contributed by atoms with van der Waals surface area (Å²) < 4.78 is 52.2. The number of alkyl halides is 3. The molecule has 0 bridgehead atoms. The van der Waals surface area contributed by atoms with E-state index in [9.17, 15) is 13.2 Å². The van der Waals surface area contributed by atoms with E-state index < -0.39 is 30.1 Å². The molecule has 0 aliphatic carbocycles. The molecule has 2 heterocycles. The third-order valence-electron chi connectivity index (χ3n) is 5.57. The molecular weight excluding hydrogens is 368 g/mol. The largest absolute Gasteiger partial charge is 0.494 e. The first-order valence-corrected chi connectivity index (χ1v) is 8.98. The van der Waals surface area contributed by atoms with Gasteiger partial charge >= 0.3 is 13.3 Å². The Balaban J connectivity index is 1.66. The van der Waals surface area contributed by atoms with Crippen LogP contribution in [0, 0.1) is 0 Å². The predicted molar refractivity (Wildman–Crippen MR) is 102 cm³/mol. The second-order valence-electron chi connectivity index (χ2n) is 8.00. The summed E-state index contributed by atoms with van der Waals surface area (Å²) in [5.74, 6) is 0. The van der Waals surface area contributed by atoms with Crippen LogP contribution < -0.4 is 5.46 Å². The molecule has 2 aromatic carbocycles. The van der Waals surface area contributed by atoms with Crippen molar-refractivity contribution in [3.05, 3.63) is 54.4 Å². The van der Waals surface area contributed by atoms with Gasteiger partial charge in [-0.2, -0.15) is 13.2 Å². The van der Waals surface area contributed by atoms with Gasteiger partial charge in [-0.1, -0.05) is 6.07 Å². The Bertz CT molecular complexity index is 1010. The van der Waals surface area contributed by atoms with Gasteiger partial charge in [-0.15, -0.1) is 0 Å². The molecule has 1 saturated heterocycles. The molecule has 8 heteroatoms. The quantitative estimate of drug-likeness (QED) is 0.613. The maximum atomic E-state index is 12.8. The Morgan fingerprint density at radius 3 is 2.11 bits per heavy atom. The molecule has 0 atom stereocenters. The van der Waals surface area contributed by atoms with E-state index in [0.717, 1.165) is 23.1 Å². The summed E-state index contributed by atoms with van der Waals surface area (Å²) in [6, 6.07) is 10.7. The van der Waals surface area contributed by atoms with Crippen molar-refractivity contribution in [3.63, 3.8) is 0 Å². The summed E-state index contributed by atoms with van der Waals surface area (Å²) in [7, 11) is -0.495. The van der Waals surface area contributed by atoms with Crippen LogP contribution in [0.15, 0.2) is 48.8 Å². The summed E-state index contributed by atoms with van der Waals surface area (Å²) in [6.45, 7) is 7.96. The minimum atomic E-state index is -4.35. The van der Waals surface area contributed by atoms with Crippen LogP contribution in [0.1, 0.15) is 33.3 Å². The van der Waals surface area contributed by atoms with Crippen LogP contribution in [0.25, 0.3) is 16.7 Å². The number of fused-ring (bicyclic) bond motifs is 1.